The molecule has 106 valence electrons. The van der Waals surface area contributed by atoms with Gasteiger partial charge in [0.2, 0.25) is 0 Å². The van der Waals surface area contributed by atoms with E-state index in [1.807, 2.05) is 19.9 Å². The van der Waals surface area contributed by atoms with E-state index in [9.17, 15) is 4.39 Å². The van der Waals surface area contributed by atoms with Gasteiger partial charge in [0.25, 0.3) is 0 Å². The zero-order valence-electron chi connectivity index (χ0n) is 11.3. The number of nitrogens with zero attached hydrogens (tertiary/aromatic N) is 1. The van der Waals surface area contributed by atoms with Crippen LogP contribution < -0.4 is 10.5 Å². The van der Waals surface area contributed by atoms with Gasteiger partial charge in [0.15, 0.2) is 0 Å². The van der Waals surface area contributed by atoms with Crippen molar-refractivity contribution in [1.82, 2.24) is 4.98 Å². The summed E-state index contributed by atoms with van der Waals surface area (Å²) in [6.07, 6.45) is 3.44. The molecule has 1 aromatic carbocycles. The number of benzene rings is 1. The van der Waals surface area contributed by atoms with Crippen LogP contribution in [0.15, 0.2) is 36.7 Å². The van der Waals surface area contributed by atoms with Crippen molar-refractivity contribution in [3.8, 4) is 5.75 Å². The van der Waals surface area contributed by atoms with Gasteiger partial charge < -0.3 is 10.5 Å². The summed E-state index contributed by atoms with van der Waals surface area (Å²) >= 11 is 2.08. The Morgan fingerprint density at radius 1 is 1.25 bits per heavy atom. The van der Waals surface area contributed by atoms with E-state index < -0.39 is 0 Å². The summed E-state index contributed by atoms with van der Waals surface area (Å²) in [5.41, 5.74) is 7.96. The Labute approximate surface area is 131 Å². The molecule has 2 rings (SSSR count). The summed E-state index contributed by atoms with van der Waals surface area (Å²) in [5, 5.41) is 0. The highest BCUT2D eigenvalue weighted by atomic mass is 127. The largest absolute Gasteiger partial charge is 0.489 e. The van der Waals surface area contributed by atoms with Gasteiger partial charge in [0, 0.05) is 9.77 Å². The molecule has 0 aliphatic carbocycles. The molecule has 0 bridgehead atoms. The zero-order chi connectivity index (χ0) is 14.7. The average molecular weight is 386 g/mol. The molecule has 0 aliphatic rings. The maximum Gasteiger partial charge on any atom is 0.138 e. The predicted octanol–water partition coefficient (Wildman–Crippen LogP) is 3.66. The third-order valence-corrected chi connectivity index (χ3v) is 3.70. The Bertz CT molecular complexity index is 604. The Hall–Kier alpha value is -1.21. The summed E-state index contributed by atoms with van der Waals surface area (Å²) < 4.78 is 19.5. The molecular formula is C15H16FIN2O. The Morgan fingerprint density at radius 2 is 2.00 bits per heavy atom. The molecule has 0 radical (unpaired) electrons. The van der Waals surface area contributed by atoms with Crippen LogP contribution in [-0.4, -0.2) is 11.1 Å². The average Bonchev–Trinajstić information content (AvgIpc) is 2.37. The van der Waals surface area contributed by atoms with Gasteiger partial charge in [-0.3, -0.25) is 4.98 Å². The molecule has 0 spiro atoms. The number of halogens is 2. The molecule has 1 heterocycles. The maximum absolute atomic E-state index is 13.1. The molecule has 1 atom stereocenters. The van der Waals surface area contributed by atoms with Crippen molar-refractivity contribution in [3.63, 3.8) is 0 Å². The molecule has 0 saturated heterocycles. The third-order valence-electron chi connectivity index (χ3n) is 2.76. The summed E-state index contributed by atoms with van der Waals surface area (Å²) in [4.78, 5) is 4.15. The molecule has 3 nitrogen and oxygen atoms in total. The van der Waals surface area contributed by atoms with Crippen LogP contribution in [0.5, 0.6) is 5.75 Å². The number of hydrogen-bond acceptors (Lipinski definition) is 3. The van der Waals surface area contributed by atoms with E-state index >= 15 is 0 Å². The first-order chi connectivity index (χ1) is 9.47. The quantitative estimate of drug-likeness (QED) is 0.816. The predicted molar refractivity (Wildman–Crippen MR) is 85.1 cm³/mol. The minimum Gasteiger partial charge on any atom is -0.489 e. The second-order valence-electron chi connectivity index (χ2n) is 4.76. The van der Waals surface area contributed by atoms with Crippen molar-refractivity contribution < 1.29 is 9.13 Å². The molecule has 0 aliphatic heterocycles. The molecule has 2 aromatic rings. The van der Waals surface area contributed by atoms with E-state index in [0.717, 1.165) is 14.7 Å². The van der Waals surface area contributed by atoms with Gasteiger partial charge in [-0.1, -0.05) is 6.07 Å². The first kappa shape index (κ1) is 15.2. The molecule has 0 amide bonds. The molecule has 0 saturated carbocycles. The second-order valence-corrected chi connectivity index (χ2v) is 5.93. The van der Waals surface area contributed by atoms with Crippen LogP contribution >= 0.6 is 22.6 Å². The van der Waals surface area contributed by atoms with E-state index in [2.05, 4.69) is 27.6 Å². The summed E-state index contributed by atoms with van der Waals surface area (Å²) in [6.45, 7) is 3.91. The van der Waals surface area contributed by atoms with E-state index in [1.54, 1.807) is 18.5 Å². The highest BCUT2D eigenvalue weighted by Gasteiger charge is 2.14. The van der Waals surface area contributed by atoms with E-state index in [4.69, 9.17) is 10.5 Å². The molecule has 1 unspecified atom stereocenters. The number of ether oxygens (including phenoxy) is 1. The summed E-state index contributed by atoms with van der Waals surface area (Å²) in [6, 6.07) is 6.11. The monoisotopic (exact) mass is 386 g/mol. The smallest absolute Gasteiger partial charge is 0.138 e. The summed E-state index contributed by atoms with van der Waals surface area (Å²) in [7, 11) is 0. The lowest BCUT2D eigenvalue weighted by molar-refractivity contribution is 0.241. The molecule has 2 N–H and O–H groups in total. The SMILES string of the molecule is CC(C)Oc1cncc(C(N)c2ccc(F)cc2I)c1. The van der Waals surface area contributed by atoms with Crippen LogP contribution in [0.1, 0.15) is 31.0 Å². The number of rotatable bonds is 4. The fraction of sp³-hybridized carbons (Fsp3) is 0.267. The van der Waals surface area contributed by atoms with Crippen LogP contribution in [0.3, 0.4) is 0 Å². The molecular weight excluding hydrogens is 370 g/mol. The molecule has 1 aromatic heterocycles. The van der Waals surface area contributed by atoms with Crippen LogP contribution in [0.4, 0.5) is 4.39 Å². The van der Waals surface area contributed by atoms with Gasteiger partial charge >= 0.3 is 0 Å². The topological polar surface area (TPSA) is 48.1 Å². The van der Waals surface area contributed by atoms with Gasteiger partial charge in [0.1, 0.15) is 11.6 Å². The van der Waals surface area contributed by atoms with Crippen LogP contribution in [-0.2, 0) is 0 Å². The maximum atomic E-state index is 13.1. The van der Waals surface area contributed by atoms with E-state index in [1.165, 1.54) is 12.1 Å². The van der Waals surface area contributed by atoms with Gasteiger partial charge in [-0.25, -0.2) is 4.39 Å². The highest BCUT2D eigenvalue weighted by Crippen LogP contribution is 2.26. The number of pyridine rings is 1. The number of nitrogens with two attached hydrogens (primary N) is 1. The highest BCUT2D eigenvalue weighted by molar-refractivity contribution is 14.1. The molecule has 20 heavy (non-hydrogen) atoms. The van der Waals surface area contributed by atoms with Crippen molar-refractivity contribution in [2.45, 2.75) is 26.0 Å². The van der Waals surface area contributed by atoms with E-state index in [0.29, 0.717) is 5.75 Å². The number of aromatic nitrogens is 1. The van der Waals surface area contributed by atoms with Crippen molar-refractivity contribution in [2.75, 3.05) is 0 Å². The Morgan fingerprint density at radius 3 is 2.65 bits per heavy atom. The first-order valence-electron chi connectivity index (χ1n) is 6.29. The van der Waals surface area contributed by atoms with Gasteiger partial charge in [-0.15, -0.1) is 0 Å². The minimum absolute atomic E-state index is 0.0780. The third kappa shape index (κ3) is 3.67. The fourth-order valence-electron chi connectivity index (χ4n) is 1.88. The lowest BCUT2D eigenvalue weighted by Crippen LogP contribution is -2.14. The van der Waals surface area contributed by atoms with Gasteiger partial charge in [-0.05, 0) is 65.8 Å². The minimum atomic E-state index is -0.356. The Balaban J connectivity index is 2.30. The first-order valence-corrected chi connectivity index (χ1v) is 7.37. The van der Waals surface area contributed by atoms with Gasteiger partial charge in [0.05, 0.1) is 18.3 Å². The van der Waals surface area contributed by atoms with Crippen molar-refractivity contribution in [2.24, 2.45) is 5.73 Å². The Kier molecular flexibility index (Phi) is 4.93. The summed E-state index contributed by atoms with van der Waals surface area (Å²) in [5.74, 6) is 0.422. The van der Waals surface area contributed by atoms with Crippen molar-refractivity contribution in [1.29, 1.82) is 0 Å². The van der Waals surface area contributed by atoms with Crippen LogP contribution in [0, 0.1) is 9.39 Å². The number of hydrogen-bond donors (Lipinski definition) is 1. The lowest BCUT2D eigenvalue weighted by atomic mass is 10.0. The van der Waals surface area contributed by atoms with Crippen LogP contribution in [0.25, 0.3) is 0 Å². The van der Waals surface area contributed by atoms with Gasteiger partial charge in [-0.2, -0.15) is 0 Å². The standard InChI is InChI=1S/C15H16FIN2O/c1-9(2)20-12-5-10(7-19-8-12)15(18)13-4-3-11(16)6-14(13)17/h3-9,15H,18H2,1-2H3. The van der Waals surface area contributed by atoms with Crippen molar-refractivity contribution >= 4 is 22.6 Å². The molecule has 0 fully saturated rings. The van der Waals surface area contributed by atoms with Crippen molar-refractivity contribution in [3.05, 3.63) is 57.2 Å². The molecule has 5 heteroatoms. The van der Waals surface area contributed by atoms with E-state index in [-0.39, 0.29) is 18.0 Å². The normalized spacial score (nSPS) is 12.5. The zero-order valence-corrected chi connectivity index (χ0v) is 13.5. The van der Waals surface area contributed by atoms with Crippen LogP contribution in [0.2, 0.25) is 0 Å². The fourth-order valence-corrected chi connectivity index (χ4v) is 2.69. The lowest BCUT2D eigenvalue weighted by Gasteiger charge is -2.16. The second kappa shape index (κ2) is 6.49.